The van der Waals surface area contributed by atoms with E-state index in [1.807, 2.05) is 24.3 Å². The van der Waals surface area contributed by atoms with Gasteiger partial charge in [0.2, 0.25) is 0 Å². The van der Waals surface area contributed by atoms with Gasteiger partial charge in [0.15, 0.2) is 0 Å². The van der Waals surface area contributed by atoms with Gasteiger partial charge in [-0.25, -0.2) is 4.39 Å². The van der Waals surface area contributed by atoms with E-state index in [1.54, 1.807) is 0 Å². The van der Waals surface area contributed by atoms with Gasteiger partial charge in [0.05, 0.1) is 27.0 Å². The molecule has 1 atom stereocenters. The third kappa shape index (κ3) is 5.14. The molecule has 3 aromatic rings. The first-order valence-electron chi connectivity index (χ1n) is 13.2. The van der Waals surface area contributed by atoms with Crippen molar-refractivity contribution in [1.82, 2.24) is 15.1 Å². The molecule has 2 aromatic carbocycles. The molecular weight excluding hydrogens is 494 g/mol. The maximum Gasteiger partial charge on any atom is 0.125 e. The summed E-state index contributed by atoms with van der Waals surface area (Å²) in [6.07, 6.45) is 9.75. The van der Waals surface area contributed by atoms with Crippen molar-refractivity contribution in [1.29, 1.82) is 5.26 Å². The van der Waals surface area contributed by atoms with Gasteiger partial charge in [-0.3, -0.25) is 5.10 Å². The number of aromatic nitrogens is 2. The number of aromatic amines is 1. The Hall–Kier alpha value is -2.13. The Balaban J connectivity index is 1.23. The summed E-state index contributed by atoms with van der Waals surface area (Å²) in [5, 5.41) is 20.1. The van der Waals surface area contributed by atoms with Gasteiger partial charge in [0.25, 0.3) is 0 Å². The number of H-pyrrole nitrogens is 1. The van der Waals surface area contributed by atoms with Crippen LogP contribution in [0.5, 0.6) is 0 Å². The topological polar surface area (TPSA) is 55.7 Å². The van der Waals surface area contributed by atoms with Crippen LogP contribution in [0.2, 0.25) is 10.0 Å². The van der Waals surface area contributed by atoms with Gasteiger partial charge < -0.3 is 4.90 Å². The molecule has 1 N–H and O–H groups in total. The van der Waals surface area contributed by atoms with Crippen molar-refractivity contribution in [2.24, 2.45) is 5.92 Å². The van der Waals surface area contributed by atoms with E-state index < -0.39 is 5.41 Å². The molecule has 0 bridgehead atoms. The van der Waals surface area contributed by atoms with Crippen LogP contribution >= 0.6 is 23.2 Å². The van der Waals surface area contributed by atoms with Crippen LogP contribution in [0.4, 0.5) is 4.39 Å². The quantitative estimate of drug-likeness (QED) is 0.339. The van der Waals surface area contributed by atoms with Crippen LogP contribution in [0, 0.1) is 23.1 Å². The van der Waals surface area contributed by atoms with Gasteiger partial charge in [0, 0.05) is 23.1 Å². The molecule has 0 amide bonds. The molecule has 1 aromatic heterocycles. The normalized spacial score (nSPS) is 19.8. The lowest BCUT2D eigenvalue weighted by Gasteiger charge is -2.39. The predicted molar refractivity (Wildman–Crippen MR) is 144 cm³/mol. The number of nitrogens with zero attached hydrogens (tertiary/aromatic N) is 3. The van der Waals surface area contributed by atoms with E-state index in [-0.39, 0.29) is 5.82 Å². The number of fused-ring (bicyclic) bond motifs is 1. The number of hydrogen-bond donors (Lipinski definition) is 1. The average molecular weight is 528 g/mol. The molecule has 1 aliphatic carbocycles. The molecule has 2 aliphatic rings. The third-order valence-electron chi connectivity index (χ3n) is 8.52. The van der Waals surface area contributed by atoms with E-state index in [0.717, 1.165) is 74.8 Å². The van der Waals surface area contributed by atoms with E-state index >= 15 is 0 Å². The number of piperidine rings is 1. The minimum atomic E-state index is -0.517. The number of nitrogens with one attached hydrogen (secondary N) is 1. The standard InChI is InChI=1S/C29H33Cl2FN4/c30-25-10-7-22(17-26(25)31)29(19-33,21-5-2-1-3-6-21)13-4-14-36-15-11-20(12-16-36)28-24-9-8-23(32)18-27(24)34-35-28/h7-10,17-18,20-21H,1-6,11-16H2,(H,34,35). The fraction of sp³-hybridized carbons (Fsp3) is 0.517. The average Bonchev–Trinajstić information content (AvgIpc) is 3.32. The summed E-state index contributed by atoms with van der Waals surface area (Å²) < 4.78 is 13.5. The van der Waals surface area contributed by atoms with E-state index in [1.165, 1.54) is 31.4 Å². The Morgan fingerprint density at radius 2 is 1.81 bits per heavy atom. The summed E-state index contributed by atoms with van der Waals surface area (Å²) in [7, 11) is 0. The van der Waals surface area contributed by atoms with Crippen molar-refractivity contribution >= 4 is 34.1 Å². The van der Waals surface area contributed by atoms with Crippen molar-refractivity contribution in [2.75, 3.05) is 19.6 Å². The molecule has 1 saturated carbocycles. The van der Waals surface area contributed by atoms with Gasteiger partial charge in [0.1, 0.15) is 5.82 Å². The molecule has 1 saturated heterocycles. The van der Waals surface area contributed by atoms with Gasteiger partial charge in [-0.1, -0.05) is 48.5 Å². The van der Waals surface area contributed by atoms with Gasteiger partial charge >= 0.3 is 0 Å². The first-order valence-corrected chi connectivity index (χ1v) is 14.0. The summed E-state index contributed by atoms with van der Waals surface area (Å²) in [6, 6.07) is 13.4. The lowest BCUT2D eigenvalue weighted by atomic mass is 9.63. The van der Waals surface area contributed by atoms with Crippen LogP contribution in [0.1, 0.15) is 75.0 Å². The third-order valence-corrected chi connectivity index (χ3v) is 9.26. The van der Waals surface area contributed by atoms with Crippen LogP contribution in [0.3, 0.4) is 0 Å². The zero-order valence-electron chi connectivity index (χ0n) is 20.6. The fourth-order valence-corrected chi connectivity index (χ4v) is 6.81. The number of halogens is 3. The maximum absolute atomic E-state index is 13.5. The maximum atomic E-state index is 13.5. The number of nitriles is 1. The lowest BCUT2D eigenvalue weighted by molar-refractivity contribution is 0.188. The second-order valence-electron chi connectivity index (χ2n) is 10.6. The molecule has 5 rings (SSSR count). The smallest absolute Gasteiger partial charge is 0.125 e. The first-order chi connectivity index (χ1) is 17.5. The molecule has 4 nitrogen and oxygen atoms in total. The van der Waals surface area contributed by atoms with Crippen LogP contribution in [-0.2, 0) is 5.41 Å². The van der Waals surface area contributed by atoms with Crippen molar-refractivity contribution in [3.8, 4) is 6.07 Å². The number of hydrogen-bond acceptors (Lipinski definition) is 3. The predicted octanol–water partition coefficient (Wildman–Crippen LogP) is 8.01. The van der Waals surface area contributed by atoms with Gasteiger partial charge in [-0.15, -0.1) is 0 Å². The minimum Gasteiger partial charge on any atom is -0.303 e. The fourth-order valence-electron chi connectivity index (χ4n) is 6.51. The van der Waals surface area contributed by atoms with Crippen LogP contribution in [-0.4, -0.2) is 34.7 Å². The molecule has 7 heteroatoms. The molecule has 36 heavy (non-hydrogen) atoms. The Morgan fingerprint density at radius 1 is 1.03 bits per heavy atom. The van der Waals surface area contributed by atoms with Gasteiger partial charge in [-0.2, -0.15) is 10.4 Å². The summed E-state index contributed by atoms with van der Waals surface area (Å²) in [5.41, 5.74) is 2.33. The van der Waals surface area contributed by atoms with E-state index in [9.17, 15) is 9.65 Å². The number of rotatable bonds is 7. The SMILES string of the molecule is N#CC(CCCN1CCC(c2[nH]nc3cc(F)ccc23)CC1)(c1ccc(Cl)c(Cl)c1)C1CCCCC1. The van der Waals surface area contributed by atoms with Crippen molar-refractivity contribution in [3.63, 3.8) is 0 Å². The Kier molecular flexibility index (Phi) is 7.86. The van der Waals surface area contributed by atoms with Crippen molar-refractivity contribution < 1.29 is 4.39 Å². The van der Waals surface area contributed by atoms with Crippen molar-refractivity contribution in [3.05, 3.63) is 63.5 Å². The molecule has 2 fully saturated rings. The monoisotopic (exact) mass is 526 g/mol. The summed E-state index contributed by atoms with van der Waals surface area (Å²) in [6.45, 7) is 3.02. The Labute approximate surface area is 222 Å². The van der Waals surface area contributed by atoms with Crippen LogP contribution in [0.25, 0.3) is 10.9 Å². The zero-order valence-corrected chi connectivity index (χ0v) is 22.1. The zero-order chi connectivity index (χ0) is 25.1. The van der Waals surface area contributed by atoms with E-state index in [4.69, 9.17) is 23.2 Å². The van der Waals surface area contributed by atoms with Crippen molar-refractivity contribution in [2.45, 2.75) is 69.1 Å². The largest absolute Gasteiger partial charge is 0.303 e. The summed E-state index contributed by atoms with van der Waals surface area (Å²) in [5.74, 6) is 0.518. The Morgan fingerprint density at radius 3 is 2.53 bits per heavy atom. The highest BCUT2D eigenvalue weighted by molar-refractivity contribution is 6.42. The van der Waals surface area contributed by atoms with Crippen LogP contribution in [0.15, 0.2) is 36.4 Å². The summed E-state index contributed by atoms with van der Waals surface area (Å²) >= 11 is 12.6. The molecule has 1 aliphatic heterocycles. The lowest BCUT2D eigenvalue weighted by Crippen LogP contribution is -2.38. The molecule has 0 radical (unpaired) electrons. The molecule has 0 spiro atoms. The highest BCUT2D eigenvalue weighted by Gasteiger charge is 2.41. The highest BCUT2D eigenvalue weighted by atomic mass is 35.5. The number of likely N-dealkylation sites (tertiary alicyclic amines) is 1. The van der Waals surface area contributed by atoms with Gasteiger partial charge in [-0.05, 0) is 93.9 Å². The highest BCUT2D eigenvalue weighted by Crippen LogP contribution is 2.45. The summed E-state index contributed by atoms with van der Waals surface area (Å²) in [4.78, 5) is 2.52. The number of benzene rings is 2. The molecule has 1 unspecified atom stereocenters. The second kappa shape index (κ2) is 11.1. The van der Waals surface area contributed by atoms with E-state index in [2.05, 4.69) is 21.2 Å². The van der Waals surface area contributed by atoms with E-state index in [0.29, 0.717) is 27.4 Å². The second-order valence-corrected chi connectivity index (χ2v) is 11.4. The van der Waals surface area contributed by atoms with Crippen LogP contribution < -0.4 is 0 Å². The minimum absolute atomic E-state index is 0.252. The molecular formula is C29H33Cl2FN4. The Bertz CT molecular complexity index is 1240. The molecule has 2 heterocycles. The first kappa shape index (κ1) is 25.5. The molecule has 190 valence electrons.